The number of carbonyl (C=O) groups is 2. The van der Waals surface area contributed by atoms with E-state index < -0.39 is 5.97 Å². The zero-order valence-corrected chi connectivity index (χ0v) is 12.1. The van der Waals surface area contributed by atoms with Gasteiger partial charge in [-0.2, -0.15) is 5.10 Å². The molecule has 1 aromatic carbocycles. The predicted molar refractivity (Wildman–Crippen MR) is 78.6 cm³/mol. The largest absolute Gasteiger partial charge is 0.478 e. The Morgan fingerprint density at radius 3 is 2.81 bits per heavy atom. The van der Waals surface area contributed by atoms with Gasteiger partial charge in [-0.3, -0.25) is 9.48 Å². The summed E-state index contributed by atoms with van der Waals surface area (Å²) in [4.78, 5) is 22.5. The fraction of sp³-hybridized carbons (Fsp3) is 0.214. The van der Waals surface area contributed by atoms with E-state index in [2.05, 4.69) is 10.4 Å². The molecule has 0 saturated carbocycles. The Labute approximate surface area is 126 Å². The molecule has 2 N–H and O–H groups in total. The van der Waals surface area contributed by atoms with Gasteiger partial charge in [-0.05, 0) is 24.6 Å². The summed E-state index contributed by atoms with van der Waals surface area (Å²) in [7, 11) is 0. The number of aromatic carboxylic acids is 1. The Bertz CT molecular complexity index is 682. The molecule has 21 heavy (non-hydrogen) atoms. The standard InChI is InChI=1S/C14H14ClN3O3/c1-9-2-3-11(6-12(9)15)17-13(19)4-5-18-8-10(7-16-18)14(20)21/h2-3,6-8H,4-5H2,1H3,(H,17,19)(H,20,21). The average Bonchev–Trinajstić information content (AvgIpc) is 2.90. The maximum Gasteiger partial charge on any atom is 0.338 e. The van der Waals surface area contributed by atoms with E-state index in [0.29, 0.717) is 17.3 Å². The van der Waals surface area contributed by atoms with Crippen LogP contribution in [0.2, 0.25) is 5.02 Å². The van der Waals surface area contributed by atoms with Crippen LogP contribution in [0.3, 0.4) is 0 Å². The van der Waals surface area contributed by atoms with Gasteiger partial charge >= 0.3 is 5.97 Å². The quantitative estimate of drug-likeness (QED) is 0.889. The van der Waals surface area contributed by atoms with Crippen LogP contribution < -0.4 is 5.32 Å². The third-order valence-corrected chi connectivity index (χ3v) is 3.31. The fourth-order valence-corrected chi connectivity index (χ4v) is 1.89. The zero-order chi connectivity index (χ0) is 15.4. The smallest absolute Gasteiger partial charge is 0.338 e. The maximum absolute atomic E-state index is 11.8. The Balaban J connectivity index is 1.89. The first-order valence-corrected chi connectivity index (χ1v) is 6.65. The second kappa shape index (κ2) is 6.41. The molecule has 7 heteroatoms. The molecule has 0 unspecified atom stereocenters. The molecule has 0 saturated heterocycles. The third-order valence-electron chi connectivity index (χ3n) is 2.90. The molecular weight excluding hydrogens is 294 g/mol. The van der Waals surface area contributed by atoms with Crippen LogP contribution in [0, 0.1) is 6.92 Å². The summed E-state index contributed by atoms with van der Waals surface area (Å²) in [6.45, 7) is 2.18. The molecule has 0 aliphatic rings. The Kier molecular flexibility index (Phi) is 4.59. The van der Waals surface area contributed by atoms with Crippen molar-refractivity contribution in [3.8, 4) is 0 Å². The van der Waals surface area contributed by atoms with E-state index in [1.807, 2.05) is 13.0 Å². The van der Waals surface area contributed by atoms with E-state index in [9.17, 15) is 9.59 Å². The number of hydrogen-bond donors (Lipinski definition) is 2. The highest BCUT2D eigenvalue weighted by atomic mass is 35.5. The minimum atomic E-state index is -1.04. The molecule has 1 aromatic heterocycles. The summed E-state index contributed by atoms with van der Waals surface area (Å²) in [5, 5.41) is 16.0. The number of aromatic nitrogens is 2. The summed E-state index contributed by atoms with van der Waals surface area (Å²) in [6, 6.07) is 5.28. The van der Waals surface area contributed by atoms with Crippen LogP contribution >= 0.6 is 11.6 Å². The van der Waals surface area contributed by atoms with Crippen molar-refractivity contribution in [2.24, 2.45) is 0 Å². The van der Waals surface area contributed by atoms with Gasteiger partial charge in [-0.1, -0.05) is 17.7 Å². The first kappa shape index (κ1) is 15.1. The third kappa shape index (κ3) is 4.06. The predicted octanol–water partition coefficient (Wildman–Crippen LogP) is 2.57. The summed E-state index contributed by atoms with van der Waals surface area (Å²) < 4.78 is 1.42. The van der Waals surface area contributed by atoms with Crippen molar-refractivity contribution in [1.29, 1.82) is 0 Å². The molecule has 0 fully saturated rings. The highest BCUT2D eigenvalue weighted by molar-refractivity contribution is 6.31. The topological polar surface area (TPSA) is 84.2 Å². The Hall–Kier alpha value is -2.34. The lowest BCUT2D eigenvalue weighted by Crippen LogP contribution is -2.14. The SMILES string of the molecule is Cc1ccc(NC(=O)CCn2cc(C(=O)O)cn2)cc1Cl. The van der Waals surface area contributed by atoms with Crippen LogP contribution in [0.4, 0.5) is 5.69 Å². The van der Waals surface area contributed by atoms with Gasteiger partial charge in [-0.25, -0.2) is 4.79 Å². The van der Waals surface area contributed by atoms with Gasteiger partial charge in [0.15, 0.2) is 0 Å². The van der Waals surface area contributed by atoms with Crippen molar-refractivity contribution in [2.75, 3.05) is 5.32 Å². The van der Waals surface area contributed by atoms with E-state index in [-0.39, 0.29) is 17.9 Å². The minimum Gasteiger partial charge on any atom is -0.478 e. The molecular formula is C14H14ClN3O3. The van der Waals surface area contributed by atoms with Crippen LogP contribution in [0.25, 0.3) is 0 Å². The number of nitrogens with one attached hydrogen (secondary N) is 1. The number of benzene rings is 1. The van der Waals surface area contributed by atoms with Gasteiger partial charge < -0.3 is 10.4 Å². The number of carbonyl (C=O) groups excluding carboxylic acids is 1. The van der Waals surface area contributed by atoms with E-state index >= 15 is 0 Å². The van der Waals surface area contributed by atoms with Crippen LogP contribution in [-0.2, 0) is 11.3 Å². The van der Waals surface area contributed by atoms with Crippen molar-refractivity contribution in [3.05, 3.63) is 46.7 Å². The molecule has 0 radical (unpaired) electrons. The molecule has 0 bridgehead atoms. The van der Waals surface area contributed by atoms with Crippen LogP contribution in [0.15, 0.2) is 30.6 Å². The van der Waals surface area contributed by atoms with E-state index in [0.717, 1.165) is 5.56 Å². The zero-order valence-electron chi connectivity index (χ0n) is 11.3. The van der Waals surface area contributed by atoms with E-state index in [4.69, 9.17) is 16.7 Å². The lowest BCUT2D eigenvalue weighted by atomic mass is 10.2. The van der Waals surface area contributed by atoms with Gasteiger partial charge in [0.05, 0.1) is 11.8 Å². The molecule has 0 spiro atoms. The van der Waals surface area contributed by atoms with Gasteiger partial charge in [0.2, 0.25) is 5.91 Å². The molecule has 0 aliphatic carbocycles. The number of nitrogens with zero attached hydrogens (tertiary/aromatic N) is 2. The molecule has 6 nitrogen and oxygen atoms in total. The minimum absolute atomic E-state index is 0.0979. The summed E-state index contributed by atoms with van der Waals surface area (Å²) >= 11 is 5.98. The molecule has 110 valence electrons. The normalized spacial score (nSPS) is 10.4. The number of hydrogen-bond acceptors (Lipinski definition) is 3. The summed E-state index contributed by atoms with van der Waals surface area (Å²) in [6.07, 6.45) is 2.82. The fourth-order valence-electron chi connectivity index (χ4n) is 1.71. The maximum atomic E-state index is 11.8. The number of halogens is 1. The van der Waals surface area contributed by atoms with Gasteiger partial charge in [0.25, 0.3) is 0 Å². The highest BCUT2D eigenvalue weighted by Gasteiger charge is 2.08. The van der Waals surface area contributed by atoms with Crippen molar-refractivity contribution < 1.29 is 14.7 Å². The van der Waals surface area contributed by atoms with Crippen LogP contribution in [0.5, 0.6) is 0 Å². The molecule has 2 rings (SSSR count). The van der Waals surface area contributed by atoms with Crippen LogP contribution in [-0.4, -0.2) is 26.8 Å². The van der Waals surface area contributed by atoms with E-state index in [1.165, 1.54) is 17.1 Å². The van der Waals surface area contributed by atoms with Crippen molar-refractivity contribution >= 4 is 29.2 Å². The summed E-state index contributed by atoms with van der Waals surface area (Å²) in [5.74, 6) is -1.23. The van der Waals surface area contributed by atoms with Gasteiger partial charge in [0.1, 0.15) is 0 Å². The molecule has 2 aromatic rings. The summed E-state index contributed by atoms with van der Waals surface area (Å²) in [5.41, 5.74) is 1.66. The van der Waals surface area contributed by atoms with E-state index in [1.54, 1.807) is 12.1 Å². The van der Waals surface area contributed by atoms with Gasteiger partial charge in [-0.15, -0.1) is 0 Å². The number of rotatable bonds is 5. The lowest BCUT2D eigenvalue weighted by Gasteiger charge is -2.07. The number of carboxylic acid groups (broad SMARTS) is 1. The van der Waals surface area contributed by atoms with Gasteiger partial charge in [0, 0.05) is 29.9 Å². The first-order chi connectivity index (χ1) is 9.95. The second-order valence-corrected chi connectivity index (χ2v) is 4.97. The first-order valence-electron chi connectivity index (χ1n) is 6.27. The second-order valence-electron chi connectivity index (χ2n) is 4.56. The molecule has 1 heterocycles. The monoisotopic (exact) mass is 307 g/mol. The van der Waals surface area contributed by atoms with Crippen molar-refractivity contribution in [2.45, 2.75) is 19.9 Å². The number of aryl methyl sites for hydroxylation is 2. The van der Waals surface area contributed by atoms with Crippen LogP contribution in [0.1, 0.15) is 22.3 Å². The molecule has 1 amide bonds. The Morgan fingerprint density at radius 1 is 1.43 bits per heavy atom. The molecule has 0 aliphatic heterocycles. The number of amides is 1. The number of carboxylic acids is 1. The average molecular weight is 308 g/mol. The Morgan fingerprint density at radius 2 is 2.19 bits per heavy atom. The van der Waals surface area contributed by atoms with Crippen molar-refractivity contribution in [1.82, 2.24) is 9.78 Å². The van der Waals surface area contributed by atoms with Crippen molar-refractivity contribution in [3.63, 3.8) is 0 Å². The number of anilines is 1. The highest BCUT2D eigenvalue weighted by Crippen LogP contribution is 2.20. The molecule has 0 atom stereocenters. The lowest BCUT2D eigenvalue weighted by molar-refractivity contribution is -0.116.